The minimum atomic E-state index is -1.21. The van der Waals surface area contributed by atoms with Crippen LogP contribution in [0.5, 0.6) is 0 Å². The van der Waals surface area contributed by atoms with E-state index in [9.17, 15) is 24.3 Å². The van der Waals surface area contributed by atoms with E-state index in [0.29, 0.717) is 32.4 Å². The Morgan fingerprint density at radius 1 is 1.17 bits per heavy atom. The summed E-state index contributed by atoms with van der Waals surface area (Å²) in [5.41, 5.74) is -0.486. The Kier molecular flexibility index (Phi) is 11.8. The van der Waals surface area contributed by atoms with Crippen molar-refractivity contribution in [2.45, 2.75) is 102 Å². The van der Waals surface area contributed by atoms with Gasteiger partial charge in [0, 0.05) is 26.6 Å². The lowest BCUT2D eigenvalue weighted by Crippen LogP contribution is -2.58. The average Bonchev–Trinajstić information content (AvgIpc) is 3.72. The number of carbonyl (C=O) groups excluding carboxylic acids is 4. The maximum Gasteiger partial charge on any atom is 0.313 e. The van der Waals surface area contributed by atoms with Gasteiger partial charge in [0.1, 0.15) is 17.7 Å². The third kappa shape index (κ3) is 6.65. The van der Waals surface area contributed by atoms with Crippen molar-refractivity contribution in [1.82, 2.24) is 14.7 Å². The number of aliphatic hydroxyl groups is 1. The number of esters is 1. The number of ether oxygens (including phenoxy) is 2. The molecule has 10 nitrogen and oxygen atoms in total. The highest BCUT2D eigenvalue weighted by Crippen LogP contribution is 2.59. The van der Waals surface area contributed by atoms with Gasteiger partial charge in [-0.05, 0) is 45.1 Å². The maximum absolute atomic E-state index is 14.3. The molecule has 4 rings (SSSR count). The number of hydrogen-bond acceptors (Lipinski definition) is 7. The normalized spacial score (nSPS) is 26.6. The molecule has 0 unspecified atom stereocenters. The molecule has 1 N–H and O–H groups in total. The number of rotatable bonds is 17. The van der Waals surface area contributed by atoms with Crippen LogP contribution < -0.4 is 0 Å². The highest BCUT2D eigenvalue weighted by Gasteiger charge is 2.75. The van der Waals surface area contributed by atoms with Gasteiger partial charge in [-0.1, -0.05) is 62.2 Å². The van der Waals surface area contributed by atoms with E-state index >= 15 is 0 Å². The van der Waals surface area contributed by atoms with Crippen molar-refractivity contribution < 1.29 is 33.8 Å². The summed E-state index contributed by atoms with van der Waals surface area (Å²) in [4.78, 5) is 60.6. The first-order valence-electron chi connectivity index (χ1n) is 16.7. The Balaban J connectivity index is 1.67. The lowest BCUT2D eigenvalue weighted by Gasteiger charge is -2.38. The largest absolute Gasteiger partial charge is 0.455 e. The number of hydrogen-bond donors (Lipinski definition) is 1. The van der Waals surface area contributed by atoms with Crippen molar-refractivity contribution in [1.29, 1.82) is 0 Å². The molecule has 46 heavy (non-hydrogen) atoms. The minimum absolute atomic E-state index is 0.101. The molecule has 0 aromatic heterocycles. The first-order chi connectivity index (χ1) is 22.1. The van der Waals surface area contributed by atoms with Crippen molar-refractivity contribution in [3.05, 3.63) is 61.2 Å². The summed E-state index contributed by atoms with van der Waals surface area (Å²) >= 11 is 0. The summed E-state index contributed by atoms with van der Waals surface area (Å²) in [6.07, 6.45) is 6.49. The van der Waals surface area contributed by atoms with Crippen LogP contribution in [0.4, 0.5) is 0 Å². The van der Waals surface area contributed by atoms with E-state index in [0.717, 1.165) is 24.8 Å². The molecule has 3 saturated heterocycles. The van der Waals surface area contributed by atoms with Crippen LogP contribution in [0.25, 0.3) is 0 Å². The van der Waals surface area contributed by atoms with Crippen LogP contribution in [0.1, 0.15) is 77.4 Å². The molecule has 8 atom stereocenters. The van der Waals surface area contributed by atoms with Crippen molar-refractivity contribution in [3.8, 4) is 0 Å². The third-order valence-corrected chi connectivity index (χ3v) is 10.1. The third-order valence-electron chi connectivity index (χ3n) is 10.1. The lowest BCUT2D eigenvalue weighted by molar-refractivity contribution is -0.165. The predicted octanol–water partition coefficient (Wildman–Crippen LogP) is 4.04. The average molecular weight is 638 g/mol. The summed E-state index contributed by atoms with van der Waals surface area (Å²) in [7, 11) is 1.69. The summed E-state index contributed by atoms with van der Waals surface area (Å²) in [5, 5.41) is 10.2. The number of carbonyl (C=O) groups is 4. The number of aliphatic hydroxyl groups excluding tert-OH is 1. The molecule has 3 heterocycles. The molecular formula is C36H51N3O7. The molecule has 1 aromatic rings. The predicted molar refractivity (Wildman–Crippen MR) is 174 cm³/mol. The van der Waals surface area contributed by atoms with Crippen molar-refractivity contribution in [2.24, 2.45) is 11.8 Å². The number of unbranched alkanes of at least 4 members (excludes halogenated alkanes) is 2. The number of likely N-dealkylation sites (N-methyl/N-ethyl adjacent to an activating group) is 1. The topological polar surface area (TPSA) is 117 Å². The van der Waals surface area contributed by atoms with E-state index in [2.05, 4.69) is 20.1 Å². The zero-order chi connectivity index (χ0) is 33.6. The van der Waals surface area contributed by atoms with E-state index in [4.69, 9.17) is 9.47 Å². The maximum atomic E-state index is 14.3. The fraction of sp³-hybridized carbons (Fsp3) is 0.611. The molecule has 252 valence electrons. The Labute approximate surface area is 273 Å². The molecule has 1 spiro atoms. The van der Waals surface area contributed by atoms with Crippen LogP contribution in [0, 0.1) is 11.8 Å². The zero-order valence-corrected chi connectivity index (χ0v) is 27.8. The van der Waals surface area contributed by atoms with E-state index in [1.807, 2.05) is 37.3 Å². The van der Waals surface area contributed by atoms with E-state index in [1.54, 1.807) is 35.9 Å². The van der Waals surface area contributed by atoms with Gasteiger partial charge in [0.15, 0.2) is 0 Å². The standard InChI is InChI=1S/C36H51N3O7/c1-7-10-15-22-38(21-9-3)34(43)32-36-20-19-27(46-36)29(30(36)33(42)39(32)24(4)23-40)35(44)45-31(26-16-13-12-14-17-26)25(5)37(6)28(41)18-11-8-2/h8-9,12-14,16-17,24-25,27,29-32,40H,2-3,7,10-11,15,18-23H2,1,4-6H3/t24-,25+,27+,29-,30-,31-,32+,36-/m1/s1. The number of nitrogens with zero attached hydrogens (tertiary/aromatic N) is 3. The monoisotopic (exact) mass is 637 g/mol. The quantitative estimate of drug-likeness (QED) is 0.156. The molecule has 1 aromatic carbocycles. The summed E-state index contributed by atoms with van der Waals surface area (Å²) in [6.45, 7) is 13.7. The van der Waals surface area contributed by atoms with Crippen LogP contribution in [0.15, 0.2) is 55.6 Å². The van der Waals surface area contributed by atoms with Crippen LogP contribution in [0.2, 0.25) is 0 Å². The molecule has 3 aliphatic heterocycles. The second-order valence-corrected chi connectivity index (χ2v) is 13.0. The number of likely N-dealkylation sites (tertiary alicyclic amines) is 1. The molecule has 3 fully saturated rings. The van der Waals surface area contributed by atoms with Crippen molar-refractivity contribution in [3.63, 3.8) is 0 Å². The zero-order valence-electron chi connectivity index (χ0n) is 27.8. The fourth-order valence-electron chi connectivity index (χ4n) is 7.50. The Hall–Kier alpha value is -3.50. The van der Waals surface area contributed by atoms with E-state index in [-0.39, 0.29) is 30.7 Å². The van der Waals surface area contributed by atoms with Gasteiger partial charge in [-0.15, -0.1) is 13.2 Å². The summed E-state index contributed by atoms with van der Waals surface area (Å²) in [6, 6.07) is 7.11. The van der Waals surface area contributed by atoms with E-state index < -0.39 is 53.7 Å². The molecule has 10 heteroatoms. The summed E-state index contributed by atoms with van der Waals surface area (Å²) in [5.74, 6) is -3.18. The van der Waals surface area contributed by atoms with Crippen LogP contribution in [-0.2, 0) is 28.7 Å². The lowest BCUT2D eigenvalue weighted by atomic mass is 9.70. The second kappa shape index (κ2) is 15.4. The fourth-order valence-corrected chi connectivity index (χ4v) is 7.50. The molecule has 0 radical (unpaired) electrons. The van der Waals surface area contributed by atoms with E-state index in [1.165, 1.54) is 4.90 Å². The molecule has 3 aliphatic rings. The first-order valence-corrected chi connectivity index (χ1v) is 16.7. The smallest absolute Gasteiger partial charge is 0.313 e. The Bertz CT molecular complexity index is 1270. The number of amides is 3. The Morgan fingerprint density at radius 3 is 2.52 bits per heavy atom. The van der Waals surface area contributed by atoms with Gasteiger partial charge in [0.25, 0.3) is 0 Å². The van der Waals surface area contributed by atoms with Crippen LogP contribution in [0.3, 0.4) is 0 Å². The summed E-state index contributed by atoms with van der Waals surface area (Å²) < 4.78 is 12.9. The van der Waals surface area contributed by atoms with Crippen molar-refractivity contribution >= 4 is 23.7 Å². The van der Waals surface area contributed by atoms with Gasteiger partial charge in [-0.25, -0.2) is 0 Å². The highest BCUT2D eigenvalue weighted by atomic mass is 16.6. The number of fused-ring (bicyclic) bond motifs is 1. The minimum Gasteiger partial charge on any atom is -0.455 e. The molecular weight excluding hydrogens is 586 g/mol. The van der Waals surface area contributed by atoms with Gasteiger partial charge in [0.2, 0.25) is 17.7 Å². The first kappa shape index (κ1) is 35.4. The SMILES string of the molecule is C=CCCC(=O)N(C)[C@@H](C)[C@@H](OC(=O)[C@@H]1[C@@H]2CC[C@]3(O2)[C@H](C(=O)N(CC=C)CCCCC)N([C@H](C)CO)C(=O)[C@@H]13)c1ccccc1. The van der Waals surface area contributed by atoms with Crippen LogP contribution in [-0.4, -0.2) is 100 Å². The van der Waals surface area contributed by atoms with Gasteiger partial charge in [-0.2, -0.15) is 0 Å². The highest BCUT2D eigenvalue weighted by molar-refractivity contribution is 5.98. The Morgan fingerprint density at radius 2 is 1.89 bits per heavy atom. The van der Waals surface area contributed by atoms with Crippen molar-refractivity contribution in [2.75, 3.05) is 26.7 Å². The number of benzene rings is 1. The molecule has 0 aliphatic carbocycles. The second-order valence-electron chi connectivity index (χ2n) is 13.0. The van der Waals surface area contributed by atoms with Gasteiger partial charge in [0.05, 0.1) is 36.6 Å². The van der Waals surface area contributed by atoms with Gasteiger partial charge in [-0.3, -0.25) is 19.2 Å². The number of allylic oxidation sites excluding steroid dienone is 1. The molecule has 2 bridgehead atoms. The molecule has 3 amide bonds. The van der Waals surface area contributed by atoms with Crippen LogP contribution >= 0.6 is 0 Å². The van der Waals surface area contributed by atoms with Gasteiger partial charge < -0.3 is 29.3 Å². The molecule has 0 saturated carbocycles. The van der Waals surface area contributed by atoms with Gasteiger partial charge >= 0.3 is 5.97 Å².